The van der Waals surface area contributed by atoms with E-state index in [1.807, 2.05) is 20.8 Å². The monoisotopic (exact) mass is 314 g/mol. The first kappa shape index (κ1) is 17.0. The number of hydrogen-bond donors (Lipinski definition) is 2. The Hall–Kier alpha value is -1.08. The number of carbonyl (C=O) groups excluding carboxylic acids is 1. The molecule has 112 valence electrons. The van der Waals surface area contributed by atoms with Crippen molar-refractivity contribution in [3.05, 3.63) is 12.7 Å². The molecule has 20 heavy (non-hydrogen) atoms. The minimum absolute atomic E-state index is 0.0256. The van der Waals surface area contributed by atoms with Crippen LogP contribution in [0.5, 0.6) is 0 Å². The van der Waals surface area contributed by atoms with Gasteiger partial charge in [0.05, 0.1) is 5.25 Å². The summed E-state index contributed by atoms with van der Waals surface area (Å²) in [6.45, 7) is 12.3. The van der Waals surface area contributed by atoms with Gasteiger partial charge in [-0.15, -0.1) is 16.8 Å². The molecule has 1 aromatic rings. The lowest BCUT2D eigenvalue weighted by molar-refractivity contribution is -0.121. The Balaban J connectivity index is 2.52. The molecule has 0 aromatic carbocycles. The molecule has 7 heteroatoms. The summed E-state index contributed by atoms with van der Waals surface area (Å²) in [4.78, 5) is 12.1. The molecule has 1 rings (SSSR count). The highest BCUT2D eigenvalue weighted by Gasteiger charge is 2.23. The van der Waals surface area contributed by atoms with E-state index < -0.39 is 0 Å². The Morgan fingerprint density at radius 3 is 2.85 bits per heavy atom. The molecule has 1 atom stereocenters. The van der Waals surface area contributed by atoms with Crippen molar-refractivity contribution < 1.29 is 4.79 Å². The van der Waals surface area contributed by atoms with Gasteiger partial charge in [-0.05, 0) is 27.2 Å². The van der Waals surface area contributed by atoms with Crippen molar-refractivity contribution in [2.45, 2.75) is 49.2 Å². The molecule has 2 N–H and O–H groups in total. The molecule has 1 heterocycles. The van der Waals surface area contributed by atoms with Gasteiger partial charge in [0.25, 0.3) is 0 Å². The lowest BCUT2D eigenvalue weighted by Gasteiger charge is -2.26. The molecule has 1 amide bonds. The van der Waals surface area contributed by atoms with Gasteiger partial charge in [0.15, 0.2) is 4.34 Å². The van der Waals surface area contributed by atoms with E-state index in [0.717, 1.165) is 15.9 Å². The van der Waals surface area contributed by atoms with Gasteiger partial charge in [-0.3, -0.25) is 4.79 Å². The number of anilines is 1. The largest absolute Gasteiger partial charge is 0.357 e. The Morgan fingerprint density at radius 1 is 1.55 bits per heavy atom. The van der Waals surface area contributed by atoms with E-state index in [0.29, 0.717) is 6.54 Å². The van der Waals surface area contributed by atoms with Gasteiger partial charge < -0.3 is 10.6 Å². The molecule has 1 aromatic heterocycles. The van der Waals surface area contributed by atoms with Crippen LogP contribution in [0.3, 0.4) is 0 Å². The fourth-order valence-corrected chi connectivity index (χ4v) is 3.12. The molecule has 0 aliphatic carbocycles. The summed E-state index contributed by atoms with van der Waals surface area (Å²) in [5.41, 5.74) is -0.177. The van der Waals surface area contributed by atoms with Crippen LogP contribution in [0.25, 0.3) is 0 Å². The molecule has 0 saturated carbocycles. The molecular weight excluding hydrogens is 292 g/mol. The van der Waals surface area contributed by atoms with Crippen LogP contribution in [0.4, 0.5) is 5.13 Å². The first-order chi connectivity index (χ1) is 9.38. The summed E-state index contributed by atoms with van der Waals surface area (Å²) < 4.78 is 0.786. The number of hydrogen-bond acceptors (Lipinski definition) is 6. The average molecular weight is 314 g/mol. The van der Waals surface area contributed by atoms with Crippen molar-refractivity contribution in [3.8, 4) is 0 Å². The Labute approximate surface area is 128 Å². The van der Waals surface area contributed by atoms with Gasteiger partial charge in [0.2, 0.25) is 11.0 Å². The number of aromatic nitrogens is 2. The highest BCUT2D eigenvalue weighted by atomic mass is 32.2. The standard InChI is InChI=1S/C13H22N4OS2/c1-6-8-14-11-16-17-12(20-11)19-9(3)10(18)15-13(4,5)7-2/h6,9H,1,7-8H2,2-5H3,(H,14,16)(H,15,18). The number of amides is 1. The van der Waals surface area contributed by atoms with Crippen LogP contribution >= 0.6 is 23.1 Å². The second-order valence-corrected chi connectivity index (χ2v) is 7.59. The molecule has 0 fully saturated rings. The molecule has 1 unspecified atom stereocenters. The zero-order valence-corrected chi connectivity index (χ0v) is 14.0. The van der Waals surface area contributed by atoms with E-state index in [2.05, 4.69) is 34.3 Å². The van der Waals surface area contributed by atoms with Crippen LogP contribution in [-0.4, -0.2) is 33.4 Å². The highest BCUT2D eigenvalue weighted by Crippen LogP contribution is 2.29. The summed E-state index contributed by atoms with van der Waals surface area (Å²) in [6.07, 6.45) is 2.65. The van der Waals surface area contributed by atoms with E-state index in [1.165, 1.54) is 23.1 Å². The topological polar surface area (TPSA) is 66.9 Å². The van der Waals surface area contributed by atoms with Crippen molar-refractivity contribution >= 4 is 34.1 Å². The minimum Gasteiger partial charge on any atom is -0.357 e. The summed E-state index contributed by atoms with van der Waals surface area (Å²) in [5.74, 6) is 0.0256. The third kappa shape index (κ3) is 5.50. The SMILES string of the molecule is C=CCNc1nnc(SC(C)C(=O)NC(C)(C)CC)s1. The lowest BCUT2D eigenvalue weighted by atomic mass is 10.0. The Kier molecular flexibility index (Phi) is 6.48. The molecule has 0 aliphatic rings. The minimum atomic E-state index is -0.193. The predicted molar refractivity (Wildman–Crippen MR) is 86.4 cm³/mol. The first-order valence-corrected chi connectivity index (χ1v) is 8.24. The fourth-order valence-electron chi connectivity index (χ4n) is 1.22. The zero-order chi connectivity index (χ0) is 15.2. The molecule has 0 bridgehead atoms. The normalized spacial score (nSPS) is 12.8. The average Bonchev–Trinajstić information content (AvgIpc) is 2.83. The number of rotatable bonds is 8. The molecule has 0 aliphatic heterocycles. The van der Waals surface area contributed by atoms with Crippen LogP contribution in [0.15, 0.2) is 17.0 Å². The summed E-state index contributed by atoms with van der Waals surface area (Å²) in [6, 6.07) is 0. The number of carbonyl (C=O) groups is 1. The molecular formula is C13H22N4OS2. The second-order valence-electron chi connectivity index (χ2n) is 5.03. The van der Waals surface area contributed by atoms with Crippen LogP contribution in [-0.2, 0) is 4.79 Å². The van der Waals surface area contributed by atoms with Crippen LogP contribution in [0, 0.1) is 0 Å². The van der Waals surface area contributed by atoms with E-state index in [1.54, 1.807) is 6.08 Å². The van der Waals surface area contributed by atoms with E-state index in [9.17, 15) is 4.79 Å². The van der Waals surface area contributed by atoms with Crippen molar-refractivity contribution in [2.75, 3.05) is 11.9 Å². The van der Waals surface area contributed by atoms with E-state index >= 15 is 0 Å². The molecule has 5 nitrogen and oxygen atoms in total. The van der Waals surface area contributed by atoms with Crippen molar-refractivity contribution in [2.24, 2.45) is 0 Å². The smallest absolute Gasteiger partial charge is 0.233 e. The highest BCUT2D eigenvalue weighted by molar-refractivity contribution is 8.02. The number of thioether (sulfide) groups is 1. The Bertz CT molecular complexity index is 459. The second kappa shape index (κ2) is 7.64. The molecule has 0 spiro atoms. The molecule has 0 radical (unpaired) electrons. The summed E-state index contributed by atoms with van der Waals surface area (Å²) in [5, 5.41) is 14.7. The number of nitrogens with one attached hydrogen (secondary N) is 2. The zero-order valence-electron chi connectivity index (χ0n) is 12.4. The Morgan fingerprint density at radius 2 is 2.25 bits per heavy atom. The van der Waals surface area contributed by atoms with Crippen molar-refractivity contribution in [3.63, 3.8) is 0 Å². The van der Waals surface area contributed by atoms with Gasteiger partial charge in [0, 0.05) is 12.1 Å². The number of nitrogens with zero attached hydrogens (tertiary/aromatic N) is 2. The van der Waals surface area contributed by atoms with E-state index in [4.69, 9.17) is 0 Å². The fraction of sp³-hybridized carbons (Fsp3) is 0.615. The van der Waals surface area contributed by atoms with Crippen LogP contribution in [0.2, 0.25) is 0 Å². The summed E-state index contributed by atoms with van der Waals surface area (Å²) in [7, 11) is 0. The molecule has 0 saturated heterocycles. The van der Waals surface area contributed by atoms with Gasteiger partial charge >= 0.3 is 0 Å². The van der Waals surface area contributed by atoms with Crippen LogP contribution < -0.4 is 10.6 Å². The van der Waals surface area contributed by atoms with Gasteiger partial charge in [-0.2, -0.15) is 0 Å². The van der Waals surface area contributed by atoms with Gasteiger partial charge in [0.1, 0.15) is 0 Å². The van der Waals surface area contributed by atoms with Crippen molar-refractivity contribution in [1.82, 2.24) is 15.5 Å². The lowest BCUT2D eigenvalue weighted by Crippen LogP contribution is -2.46. The maximum Gasteiger partial charge on any atom is 0.233 e. The van der Waals surface area contributed by atoms with Crippen LogP contribution in [0.1, 0.15) is 34.1 Å². The third-order valence-electron chi connectivity index (χ3n) is 2.80. The quantitative estimate of drug-likeness (QED) is 0.570. The maximum absolute atomic E-state index is 12.1. The first-order valence-electron chi connectivity index (χ1n) is 6.55. The predicted octanol–water partition coefficient (Wildman–Crippen LogP) is 2.92. The van der Waals surface area contributed by atoms with E-state index in [-0.39, 0.29) is 16.7 Å². The maximum atomic E-state index is 12.1. The third-order valence-corrected chi connectivity index (χ3v) is 4.86. The van der Waals surface area contributed by atoms with Crippen molar-refractivity contribution in [1.29, 1.82) is 0 Å². The summed E-state index contributed by atoms with van der Waals surface area (Å²) >= 11 is 2.87. The van der Waals surface area contributed by atoms with Gasteiger partial charge in [-0.1, -0.05) is 36.1 Å². The van der Waals surface area contributed by atoms with Gasteiger partial charge in [-0.25, -0.2) is 0 Å².